The predicted octanol–water partition coefficient (Wildman–Crippen LogP) is 0.813. The molecule has 1 unspecified atom stereocenters. The lowest BCUT2D eigenvalue weighted by molar-refractivity contribution is -0.127. The van der Waals surface area contributed by atoms with E-state index in [1.807, 2.05) is 13.8 Å². The Morgan fingerprint density at radius 1 is 1.50 bits per heavy atom. The van der Waals surface area contributed by atoms with Crippen molar-refractivity contribution < 1.29 is 9.53 Å². The van der Waals surface area contributed by atoms with Crippen molar-refractivity contribution in [3.8, 4) is 0 Å². The topological polar surface area (TPSA) is 73.1 Å². The first-order valence-corrected chi connectivity index (χ1v) is 8.01. The number of amides is 1. The van der Waals surface area contributed by atoms with Crippen molar-refractivity contribution in [2.24, 2.45) is 0 Å². The molecule has 0 radical (unpaired) electrons. The highest BCUT2D eigenvalue weighted by atomic mass is 32.2. The van der Waals surface area contributed by atoms with E-state index in [9.17, 15) is 4.79 Å². The lowest BCUT2D eigenvalue weighted by atomic mass is 10.2. The van der Waals surface area contributed by atoms with Crippen LogP contribution in [0.4, 0.5) is 0 Å². The summed E-state index contributed by atoms with van der Waals surface area (Å²) in [7, 11) is 0. The molecule has 0 bridgehead atoms. The van der Waals surface area contributed by atoms with E-state index >= 15 is 0 Å². The van der Waals surface area contributed by atoms with E-state index in [1.165, 1.54) is 11.8 Å². The molecule has 0 saturated carbocycles. The van der Waals surface area contributed by atoms with Crippen LogP contribution in [0.5, 0.6) is 0 Å². The van der Waals surface area contributed by atoms with Gasteiger partial charge in [-0.25, -0.2) is 4.68 Å². The minimum Gasteiger partial charge on any atom is -0.376 e. The number of hydrogen-bond acceptors (Lipinski definition) is 6. The number of aromatic nitrogens is 4. The van der Waals surface area contributed by atoms with Gasteiger partial charge in [0.2, 0.25) is 11.1 Å². The largest absolute Gasteiger partial charge is 0.376 e. The van der Waals surface area contributed by atoms with Crippen molar-refractivity contribution in [3.05, 3.63) is 0 Å². The lowest BCUT2D eigenvalue weighted by Crippen LogP contribution is -2.32. The molecule has 1 aromatic rings. The molecule has 1 amide bonds. The summed E-state index contributed by atoms with van der Waals surface area (Å²) in [4.78, 5) is 13.8. The van der Waals surface area contributed by atoms with Crippen LogP contribution < -0.4 is 0 Å². The van der Waals surface area contributed by atoms with Crippen LogP contribution in [0.3, 0.4) is 0 Å². The van der Waals surface area contributed by atoms with Crippen LogP contribution in [-0.2, 0) is 16.1 Å². The zero-order valence-corrected chi connectivity index (χ0v) is 12.8. The van der Waals surface area contributed by atoms with Gasteiger partial charge >= 0.3 is 0 Å². The van der Waals surface area contributed by atoms with Gasteiger partial charge in [0, 0.05) is 19.7 Å². The minimum absolute atomic E-state index is 0.117. The van der Waals surface area contributed by atoms with E-state index in [2.05, 4.69) is 15.5 Å². The van der Waals surface area contributed by atoms with Crippen LogP contribution in [0.25, 0.3) is 0 Å². The molecule has 2 heterocycles. The zero-order chi connectivity index (χ0) is 14.4. The third-order valence-electron chi connectivity index (χ3n) is 3.34. The fourth-order valence-electron chi connectivity index (χ4n) is 2.19. The molecular formula is C12H21N5O2S. The quantitative estimate of drug-likeness (QED) is 0.694. The standard InChI is InChI=1S/C12H21N5O2S/c1-3-16(4-2)11(18)9-20-12-13-14-15-17(12)8-10-6-5-7-19-10/h10H,3-9H2,1-2H3. The number of carbonyl (C=O) groups excluding carboxylic acids is 1. The fraction of sp³-hybridized carbons (Fsp3) is 0.833. The van der Waals surface area contributed by atoms with Gasteiger partial charge in [0.25, 0.3) is 0 Å². The Labute approximate surface area is 123 Å². The first-order valence-electron chi connectivity index (χ1n) is 7.03. The highest BCUT2D eigenvalue weighted by Gasteiger charge is 2.19. The Hall–Kier alpha value is -1.15. The molecule has 1 atom stereocenters. The van der Waals surface area contributed by atoms with Crippen LogP contribution in [0.15, 0.2) is 5.16 Å². The van der Waals surface area contributed by atoms with E-state index in [-0.39, 0.29) is 12.0 Å². The minimum atomic E-state index is 0.117. The third-order valence-corrected chi connectivity index (χ3v) is 4.28. The molecule has 1 aliphatic heterocycles. The van der Waals surface area contributed by atoms with Crippen LogP contribution in [0.1, 0.15) is 26.7 Å². The first kappa shape index (κ1) is 15.2. The number of carbonyl (C=O) groups is 1. The molecule has 112 valence electrons. The third kappa shape index (κ3) is 3.92. The Morgan fingerprint density at radius 3 is 2.95 bits per heavy atom. The smallest absolute Gasteiger partial charge is 0.233 e. The summed E-state index contributed by atoms with van der Waals surface area (Å²) in [6.45, 7) is 6.90. The molecule has 0 aromatic carbocycles. The van der Waals surface area contributed by atoms with Gasteiger partial charge in [0.05, 0.1) is 18.4 Å². The maximum atomic E-state index is 12.0. The summed E-state index contributed by atoms with van der Waals surface area (Å²) in [5, 5.41) is 12.3. The van der Waals surface area contributed by atoms with Gasteiger partial charge in [0.1, 0.15) is 0 Å². The highest BCUT2D eigenvalue weighted by Crippen LogP contribution is 2.18. The molecule has 1 aromatic heterocycles. The summed E-state index contributed by atoms with van der Waals surface area (Å²) in [6, 6.07) is 0. The second-order valence-corrected chi connectivity index (χ2v) is 5.58. The van der Waals surface area contributed by atoms with E-state index in [0.717, 1.165) is 32.5 Å². The fourth-order valence-corrected chi connectivity index (χ4v) is 2.98. The molecule has 1 fully saturated rings. The number of nitrogens with zero attached hydrogens (tertiary/aromatic N) is 5. The first-order chi connectivity index (χ1) is 9.74. The Bertz CT molecular complexity index is 429. The van der Waals surface area contributed by atoms with Gasteiger partial charge in [-0.2, -0.15) is 0 Å². The Kier molecular flexibility index (Phi) is 5.78. The SMILES string of the molecule is CCN(CC)C(=O)CSc1nnnn1CC1CCCO1. The number of rotatable bonds is 7. The van der Waals surface area contributed by atoms with Gasteiger partial charge in [-0.3, -0.25) is 4.79 Å². The molecule has 0 spiro atoms. The number of hydrogen-bond donors (Lipinski definition) is 0. The average Bonchev–Trinajstić information content (AvgIpc) is 3.10. The molecule has 0 N–H and O–H groups in total. The summed E-state index contributed by atoms with van der Waals surface area (Å²) in [6.07, 6.45) is 2.33. The van der Waals surface area contributed by atoms with Gasteiger partial charge in [-0.15, -0.1) is 5.10 Å². The molecular weight excluding hydrogens is 278 g/mol. The summed E-state index contributed by atoms with van der Waals surface area (Å²) >= 11 is 1.38. The molecule has 1 saturated heterocycles. The predicted molar refractivity (Wildman–Crippen MR) is 75.4 cm³/mol. The maximum Gasteiger partial charge on any atom is 0.233 e. The molecule has 8 heteroatoms. The van der Waals surface area contributed by atoms with Gasteiger partial charge in [-0.1, -0.05) is 11.8 Å². The molecule has 1 aliphatic rings. The van der Waals surface area contributed by atoms with Crippen LogP contribution in [0.2, 0.25) is 0 Å². The van der Waals surface area contributed by atoms with E-state index in [1.54, 1.807) is 9.58 Å². The second kappa shape index (κ2) is 7.58. The van der Waals surface area contributed by atoms with Crippen molar-refractivity contribution in [3.63, 3.8) is 0 Å². The lowest BCUT2D eigenvalue weighted by Gasteiger charge is -2.18. The van der Waals surface area contributed by atoms with Crippen molar-refractivity contribution in [1.82, 2.24) is 25.1 Å². The maximum absolute atomic E-state index is 12.0. The second-order valence-electron chi connectivity index (χ2n) is 4.63. The van der Waals surface area contributed by atoms with Crippen LogP contribution in [0, 0.1) is 0 Å². The van der Waals surface area contributed by atoms with Gasteiger partial charge < -0.3 is 9.64 Å². The molecule has 2 rings (SSSR count). The summed E-state index contributed by atoms with van der Waals surface area (Å²) in [5.41, 5.74) is 0. The van der Waals surface area contributed by atoms with Crippen molar-refractivity contribution in [2.45, 2.75) is 44.5 Å². The summed E-state index contributed by atoms with van der Waals surface area (Å²) < 4.78 is 7.31. The molecule has 7 nitrogen and oxygen atoms in total. The molecule has 0 aliphatic carbocycles. The molecule has 20 heavy (non-hydrogen) atoms. The average molecular weight is 299 g/mol. The monoisotopic (exact) mass is 299 g/mol. The van der Waals surface area contributed by atoms with Crippen LogP contribution in [-0.4, -0.2) is 62.6 Å². The Balaban J connectivity index is 1.86. The van der Waals surface area contributed by atoms with Gasteiger partial charge in [-0.05, 0) is 37.1 Å². The summed E-state index contributed by atoms with van der Waals surface area (Å²) in [5.74, 6) is 0.486. The van der Waals surface area contributed by atoms with Crippen molar-refractivity contribution >= 4 is 17.7 Å². The number of tetrazole rings is 1. The van der Waals surface area contributed by atoms with E-state index in [0.29, 0.717) is 17.5 Å². The number of thioether (sulfide) groups is 1. The van der Waals surface area contributed by atoms with Crippen molar-refractivity contribution in [1.29, 1.82) is 0 Å². The normalized spacial score (nSPS) is 18.4. The van der Waals surface area contributed by atoms with Gasteiger partial charge in [0.15, 0.2) is 0 Å². The van der Waals surface area contributed by atoms with E-state index in [4.69, 9.17) is 4.74 Å². The van der Waals surface area contributed by atoms with Crippen molar-refractivity contribution in [2.75, 3.05) is 25.4 Å². The highest BCUT2D eigenvalue weighted by molar-refractivity contribution is 7.99. The van der Waals surface area contributed by atoms with E-state index < -0.39 is 0 Å². The van der Waals surface area contributed by atoms with Crippen LogP contribution >= 0.6 is 11.8 Å². The number of ether oxygens (including phenoxy) is 1. The Morgan fingerprint density at radius 2 is 2.30 bits per heavy atom. The zero-order valence-electron chi connectivity index (χ0n) is 12.0.